The van der Waals surface area contributed by atoms with Crippen molar-refractivity contribution in [1.29, 1.82) is 0 Å². The van der Waals surface area contributed by atoms with Crippen molar-refractivity contribution in [2.45, 2.75) is 12.8 Å². The van der Waals surface area contributed by atoms with Gasteiger partial charge in [-0.3, -0.25) is 14.9 Å². The molecule has 42 heavy (non-hydrogen) atoms. The van der Waals surface area contributed by atoms with E-state index in [0.29, 0.717) is 34.7 Å². The molecule has 0 heterocycles. The van der Waals surface area contributed by atoms with Crippen molar-refractivity contribution in [3.8, 4) is 23.0 Å². The number of ether oxygens (including phenoxy) is 3. The van der Waals surface area contributed by atoms with Gasteiger partial charge in [0.2, 0.25) is 5.75 Å². The average molecular weight is 644 g/mol. The highest BCUT2D eigenvalue weighted by atomic mass is 79.9. The zero-order valence-corrected chi connectivity index (χ0v) is 23.3. The van der Waals surface area contributed by atoms with E-state index in [-0.39, 0.29) is 16.9 Å². The number of nitrogens with zero attached hydrogens (tertiary/aromatic N) is 2. The summed E-state index contributed by atoms with van der Waals surface area (Å²) in [5.41, 5.74) is 1.76. The predicted octanol–water partition coefficient (Wildman–Crippen LogP) is 7.52. The molecule has 0 saturated carbocycles. The summed E-state index contributed by atoms with van der Waals surface area (Å²) in [4.78, 5) is 23.2. The third-order valence-corrected chi connectivity index (χ3v) is 6.20. The summed E-state index contributed by atoms with van der Waals surface area (Å²) in [6.45, 7) is 0.305. The molecule has 1 N–H and O–H groups in total. The molecule has 0 fully saturated rings. The molecule has 4 aromatic carbocycles. The van der Waals surface area contributed by atoms with E-state index in [9.17, 15) is 28.1 Å². The largest absolute Gasteiger partial charge is 0.493 e. The molecule has 0 aliphatic carbocycles. The van der Waals surface area contributed by atoms with Crippen LogP contribution in [-0.4, -0.2) is 24.2 Å². The number of nitrogens with one attached hydrogen (secondary N) is 1. The molecule has 0 saturated heterocycles. The minimum atomic E-state index is -4.77. The fourth-order valence-electron chi connectivity index (χ4n) is 3.64. The Kier molecular flexibility index (Phi) is 9.42. The zero-order valence-electron chi connectivity index (χ0n) is 21.7. The molecule has 0 atom stereocenters. The molecule has 216 valence electrons. The molecule has 0 aromatic heterocycles. The van der Waals surface area contributed by atoms with Crippen LogP contribution in [0.25, 0.3) is 0 Å². The lowest BCUT2D eigenvalue weighted by Gasteiger charge is -2.12. The van der Waals surface area contributed by atoms with E-state index in [1.54, 1.807) is 18.2 Å². The summed E-state index contributed by atoms with van der Waals surface area (Å²) in [7, 11) is 1.44. The smallest absolute Gasteiger partial charge is 0.416 e. The molecule has 9 nitrogen and oxygen atoms in total. The van der Waals surface area contributed by atoms with E-state index in [1.807, 2.05) is 30.3 Å². The van der Waals surface area contributed by atoms with Crippen molar-refractivity contribution >= 4 is 33.7 Å². The van der Waals surface area contributed by atoms with Gasteiger partial charge in [0.25, 0.3) is 5.91 Å². The number of halogens is 4. The fourth-order valence-corrected chi connectivity index (χ4v) is 4.02. The molecular formula is C29H21BrF3N3O6. The number of carbonyl (C=O) groups is 1. The minimum absolute atomic E-state index is 0.0423. The van der Waals surface area contributed by atoms with Crippen LogP contribution in [-0.2, 0) is 12.8 Å². The highest BCUT2D eigenvalue weighted by Gasteiger charge is 2.33. The number of amides is 1. The first-order valence-corrected chi connectivity index (χ1v) is 12.9. The highest BCUT2D eigenvalue weighted by molar-refractivity contribution is 9.10. The maximum atomic E-state index is 13.1. The first-order chi connectivity index (χ1) is 20.0. The van der Waals surface area contributed by atoms with Crippen LogP contribution in [0.3, 0.4) is 0 Å². The lowest BCUT2D eigenvalue weighted by atomic mass is 10.1. The van der Waals surface area contributed by atoms with Crippen molar-refractivity contribution in [3.05, 3.63) is 122 Å². The van der Waals surface area contributed by atoms with E-state index in [1.165, 1.54) is 31.5 Å². The third-order valence-electron chi connectivity index (χ3n) is 5.71. The third kappa shape index (κ3) is 7.63. The molecule has 0 spiro atoms. The lowest BCUT2D eigenvalue weighted by Crippen LogP contribution is -2.17. The SMILES string of the molecule is COc1cc(C(=O)N/N=C/c2cc(Br)ccc2Oc2ccc(C(F)(F)F)cc2[N+](=O)[O-])ccc1OCc1ccccc1. The zero-order chi connectivity index (χ0) is 30.3. The normalized spacial score (nSPS) is 11.3. The Labute approximate surface area is 245 Å². The number of alkyl halides is 3. The van der Waals surface area contributed by atoms with Crippen molar-refractivity contribution in [2.75, 3.05) is 7.11 Å². The first kappa shape index (κ1) is 30.1. The standard InChI is InChI=1S/C29H21BrF3N3O6/c1-40-27-14-19(7-10-26(27)41-17-18-5-3-2-4-6-18)28(37)35-34-16-20-13-22(30)9-12-24(20)42-25-11-8-21(29(31,32)33)15-23(25)36(38)39/h2-16H,17H2,1H3,(H,35,37)/b34-16+. The van der Waals surface area contributed by atoms with Gasteiger partial charge in [0.05, 0.1) is 23.8 Å². The van der Waals surface area contributed by atoms with Crippen LogP contribution in [0.4, 0.5) is 18.9 Å². The number of hydrogen-bond acceptors (Lipinski definition) is 7. The average Bonchev–Trinajstić information content (AvgIpc) is 2.97. The number of hydrogen-bond donors (Lipinski definition) is 1. The van der Waals surface area contributed by atoms with Crippen LogP contribution in [0.5, 0.6) is 23.0 Å². The van der Waals surface area contributed by atoms with Crippen molar-refractivity contribution in [3.63, 3.8) is 0 Å². The van der Waals surface area contributed by atoms with Gasteiger partial charge in [0.1, 0.15) is 12.4 Å². The van der Waals surface area contributed by atoms with Gasteiger partial charge >= 0.3 is 11.9 Å². The monoisotopic (exact) mass is 643 g/mol. The first-order valence-electron chi connectivity index (χ1n) is 12.1. The van der Waals surface area contributed by atoms with Crippen LogP contribution in [0.2, 0.25) is 0 Å². The van der Waals surface area contributed by atoms with Crippen LogP contribution >= 0.6 is 15.9 Å². The van der Waals surface area contributed by atoms with Gasteiger partial charge in [-0.25, -0.2) is 5.43 Å². The van der Waals surface area contributed by atoms with Crippen LogP contribution in [0.1, 0.15) is 27.0 Å². The van der Waals surface area contributed by atoms with E-state index < -0.39 is 34.0 Å². The Morgan fingerprint density at radius 1 is 0.976 bits per heavy atom. The lowest BCUT2D eigenvalue weighted by molar-refractivity contribution is -0.385. The summed E-state index contributed by atoms with van der Waals surface area (Å²) >= 11 is 3.29. The molecule has 0 bridgehead atoms. The van der Waals surface area contributed by atoms with Gasteiger partial charge in [-0.1, -0.05) is 46.3 Å². The minimum Gasteiger partial charge on any atom is -0.493 e. The van der Waals surface area contributed by atoms with Gasteiger partial charge in [0, 0.05) is 21.7 Å². The summed E-state index contributed by atoms with van der Waals surface area (Å²) in [6, 6.07) is 20.6. The predicted molar refractivity (Wildman–Crippen MR) is 151 cm³/mol. The number of carbonyl (C=O) groups excluding carboxylic acids is 1. The van der Waals surface area contributed by atoms with Gasteiger partial charge in [-0.15, -0.1) is 0 Å². The molecule has 0 aliphatic rings. The number of rotatable bonds is 10. The summed E-state index contributed by atoms with van der Waals surface area (Å²) in [6.07, 6.45) is -3.54. The molecule has 13 heteroatoms. The van der Waals surface area contributed by atoms with Gasteiger partial charge in [-0.05, 0) is 54.1 Å². The summed E-state index contributed by atoms with van der Waals surface area (Å²) in [5.74, 6) is -0.163. The second-order valence-electron chi connectivity index (χ2n) is 8.56. The Morgan fingerprint density at radius 2 is 1.69 bits per heavy atom. The highest BCUT2D eigenvalue weighted by Crippen LogP contribution is 2.38. The van der Waals surface area contributed by atoms with Crippen molar-refractivity contribution in [1.82, 2.24) is 5.43 Å². The van der Waals surface area contributed by atoms with E-state index in [4.69, 9.17) is 14.2 Å². The van der Waals surface area contributed by atoms with Crippen LogP contribution < -0.4 is 19.6 Å². The molecule has 0 aliphatic heterocycles. The summed E-state index contributed by atoms with van der Waals surface area (Å²) in [5, 5.41) is 15.4. The number of methoxy groups -OCH3 is 1. The van der Waals surface area contributed by atoms with Crippen LogP contribution in [0.15, 0.2) is 94.5 Å². The molecule has 1 amide bonds. The summed E-state index contributed by atoms with van der Waals surface area (Å²) < 4.78 is 56.5. The fraction of sp³-hybridized carbons (Fsp3) is 0.103. The van der Waals surface area contributed by atoms with Gasteiger partial charge in [0.15, 0.2) is 11.5 Å². The van der Waals surface area contributed by atoms with Crippen molar-refractivity contribution in [2.24, 2.45) is 5.10 Å². The maximum absolute atomic E-state index is 13.1. The number of benzene rings is 4. The molecule has 0 radical (unpaired) electrons. The van der Waals surface area contributed by atoms with Gasteiger partial charge < -0.3 is 14.2 Å². The number of hydrazone groups is 1. The molecule has 0 unspecified atom stereocenters. The Morgan fingerprint density at radius 3 is 2.38 bits per heavy atom. The molecular weight excluding hydrogens is 623 g/mol. The maximum Gasteiger partial charge on any atom is 0.416 e. The number of nitro groups is 1. The quantitative estimate of drug-likeness (QED) is 0.109. The Hall–Kier alpha value is -4.91. The number of nitro benzene ring substituents is 1. The Balaban J connectivity index is 1.49. The van der Waals surface area contributed by atoms with Crippen molar-refractivity contribution < 1.29 is 37.1 Å². The topological polar surface area (TPSA) is 112 Å². The van der Waals surface area contributed by atoms with E-state index >= 15 is 0 Å². The van der Waals surface area contributed by atoms with E-state index in [2.05, 4.69) is 26.5 Å². The van der Waals surface area contributed by atoms with E-state index in [0.717, 1.165) is 11.6 Å². The Bertz CT molecular complexity index is 1630. The van der Waals surface area contributed by atoms with Gasteiger partial charge in [-0.2, -0.15) is 18.3 Å². The second kappa shape index (κ2) is 13.2. The molecule has 4 aromatic rings. The molecule has 4 rings (SSSR count). The van der Waals surface area contributed by atoms with Crippen LogP contribution in [0, 0.1) is 10.1 Å². The second-order valence-corrected chi connectivity index (χ2v) is 9.48.